The van der Waals surface area contributed by atoms with Crippen LogP contribution < -0.4 is 5.32 Å². The van der Waals surface area contributed by atoms with Gasteiger partial charge in [-0.15, -0.1) is 0 Å². The minimum atomic E-state index is -1.26. The lowest BCUT2D eigenvalue weighted by Gasteiger charge is -2.19. The first-order valence-electron chi connectivity index (χ1n) is 6.54. The van der Waals surface area contributed by atoms with E-state index in [9.17, 15) is 14.0 Å². The van der Waals surface area contributed by atoms with Crippen molar-refractivity contribution >= 4 is 23.5 Å². The number of carbonyl (C=O) groups is 2. The molecule has 1 saturated heterocycles. The Kier molecular flexibility index (Phi) is 3.41. The molecule has 0 spiro atoms. The second-order valence-corrected chi connectivity index (χ2v) is 5.57. The number of urea groups is 1. The van der Waals surface area contributed by atoms with Gasteiger partial charge in [-0.05, 0) is 36.8 Å². The Balaban J connectivity index is 1.89. The molecule has 2 heterocycles. The van der Waals surface area contributed by atoms with E-state index in [1.54, 1.807) is 19.1 Å². The number of nitrogens with one attached hydrogen (secondary N) is 1. The van der Waals surface area contributed by atoms with Crippen LogP contribution in [-0.4, -0.2) is 16.8 Å². The number of amides is 3. The molecule has 3 amide bonds. The van der Waals surface area contributed by atoms with Gasteiger partial charge in [-0.25, -0.2) is 9.18 Å². The summed E-state index contributed by atoms with van der Waals surface area (Å²) in [6.07, 6.45) is 1.43. The fourth-order valence-corrected chi connectivity index (χ4v) is 2.62. The monoisotopic (exact) mass is 322 g/mol. The van der Waals surface area contributed by atoms with Crippen LogP contribution >= 0.6 is 11.6 Å². The fourth-order valence-electron chi connectivity index (χ4n) is 2.39. The van der Waals surface area contributed by atoms with E-state index in [2.05, 4.69) is 5.32 Å². The number of halogens is 2. The normalized spacial score (nSPS) is 21.3. The Bertz CT molecular complexity index is 747. The third-order valence-corrected chi connectivity index (χ3v) is 3.98. The molecule has 1 aromatic heterocycles. The zero-order chi connectivity index (χ0) is 15.9. The average Bonchev–Trinajstić information content (AvgIpc) is 3.06. The van der Waals surface area contributed by atoms with Crippen molar-refractivity contribution in [3.63, 3.8) is 0 Å². The predicted molar refractivity (Wildman–Crippen MR) is 76.6 cm³/mol. The van der Waals surface area contributed by atoms with E-state index in [1.165, 1.54) is 18.4 Å². The molecule has 22 heavy (non-hydrogen) atoms. The minimum absolute atomic E-state index is 0.0416. The van der Waals surface area contributed by atoms with Crippen LogP contribution in [0.1, 0.15) is 18.2 Å². The molecule has 3 rings (SSSR count). The van der Waals surface area contributed by atoms with E-state index in [-0.39, 0.29) is 11.6 Å². The molecule has 1 N–H and O–H groups in total. The molecular weight excluding hydrogens is 311 g/mol. The Labute approximate surface area is 130 Å². The summed E-state index contributed by atoms with van der Waals surface area (Å²) in [5.41, 5.74) is -0.775. The summed E-state index contributed by atoms with van der Waals surface area (Å²) < 4.78 is 18.3. The summed E-state index contributed by atoms with van der Waals surface area (Å²) >= 11 is 5.95. The van der Waals surface area contributed by atoms with Crippen molar-refractivity contribution in [3.8, 4) is 0 Å². The van der Waals surface area contributed by atoms with Crippen LogP contribution in [0.15, 0.2) is 41.0 Å². The quantitative estimate of drug-likeness (QED) is 0.883. The Hall–Kier alpha value is -2.34. The molecule has 1 aromatic carbocycles. The standard InChI is InChI=1S/C15H12ClFN2O3/c1-15(12-3-2-6-22-12)13(20)19(14(21)18-15)8-9-4-5-10(17)7-11(9)16/h2-7H,8H2,1H3,(H,18,21)/t15-/m0/s1. The molecule has 1 fully saturated rings. The van der Waals surface area contributed by atoms with Gasteiger partial charge in [0.1, 0.15) is 11.6 Å². The zero-order valence-electron chi connectivity index (χ0n) is 11.6. The van der Waals surface area contributed by atoms with Crippen molar-refractivity contribution in [3.05, 3.63) is 58.8 Å². The van der Waals surface area contributed by atoms with Crippen molar-refractivity contribution in [2.75, 3.05) is 0 Å². The molecule has 0 bridgehead atoms. The van der Waals surface area contributed by atoms with Crippen LogP contribution in [0.3, 0.4) is 0 Å². The zero-order valence-corrected chi connectivity index (χ0v) is 12.4. The largest absolute Gasteiger partial charge is 0.466 e. The van der Waals surface area contributed by atoms with E-state index in [0.29, 0.717) is 11.3 Å². The first-order valence-corrected chi connectivity index (χ1v) is 6.91. The van der Waals surface area contributed by atoms with Gasteiger partial charge in [0.2, 0.25) is 0 Å². The van der Waals surface area contributed by atoms with Gasteiger partial charge in [0.15, 0.2) is 5.54 Å². The average molecular weight is 323 g/mol. The molecule has 0 saturated carbocycles. The number of imide groups is 1. The molecule has 0 radical (unpaired) electrons. The number of nitrogens with zero attached hydrogens (tertiary/aromatic N) is 1. The topological polar surface area (TPSA) is 62.6 Å². The van der Waals surface area contributed by atoms with Gasteiger partial charge in [0.25, 0.3) is 5.91 Å². The number of hydrogen-bond donors (Lipinski definition) is 1. The van der Waals surface area contributed by atoms with Crippen molar-refractivity contribution < 1.29 is 18.4 Å². The third kappa shape index (κ3) is 2.25. The summed E-state index contributed by atoms with van der Waals surface area (Å²) in [5.74, 6) is -0.585. The molecule has 1 atom stereocenters. The van der Waals surface area contributed by atoms with Gasteiger partial charge >= 0.3 is 6.03 Å². The summed E-state index contributed by atoms with van der Waals surface area (Å²) in [6.45, 7) is 1.53. The van der Waals surface area contributed by atoms with Gasteiger partial charge in [0, 0.05) is 5.02 Å². The molecular formula is C15H12ClFN2O3. The lowest BCUT2D eigenvalue weighted by Crippen LogP contribution is -2.40. The molecule has 1 aliphatic rings. The Morgan fingerprint density at radius 3 is 2.77 bits per heavy atom. The van der Waals surface area contributed by atoms with Crippen molar-refractivity contribution in [2.24, 2.45) is 0 Å². The predicted octanol–water partition coefficient (Wildman–Crippen LogP) is 3.04. The summed E-state index contributed by atoms with van der Waals surface area (Å²) in [7, 11) is 0. The highest BCUT2D eigenvalue weighted by Gasteiger charge is 2.50. The van der Waals surface area contributed by atoms with Gasteiger partial charge in [0.05, 0.1) is 12.8 Å². The maximum Gasteiger partial charge on any atom is 0.325 e. The van der Waals surface area contributed by atoms with Crippen LogP contribution in [0.5, 0.6) is 0 Å². The first kappa shape index (κ1) is 14.6. The van der Waals surface area contributed by atoms with Crippen LogP contribution in [0.25, 0.3) is 0 Å². The van der Waals surface area contributed by atoms with Crippen molar-refractivity contribution in [1.82, 2.24) is 10.2 Å². The second-order valence-electron chi connectivity index (χ2n) is 5.16. The summed E-state index contributed by atoms with van der Waals surface area (Å²) in [6, 6.07) is 6.52. The highest BCUT2D eigenvalue weighted by Crippen LogP contribution is 2.31. The van der Waals surface area contributed by atoms with Crippen molar-refractivity contribution in [2.45, 2.75) is 19.0 Å². The summed E-state index contributed by atoms with van der Waals surface area (Å²) in [4.78, 5) is 25.7. The maximum absolute atomic E-state index is 13.1. The summed E-state index contributed by atoms with van der Waals surface area (Å²) in [5, 5.41) is 2.77. The number of carbonyl (C=O) groups excluding carboxylic acids is 2. The smallest absolute Gasteiger partial charge is 0.325 e. The lowest BCUT2D eigenvalue weighted by atomic mass is 9.99. The van der Waals surface area contributed by atoms with Crippen LogP contribution in [0.4, 0.5) is 9.18 Å². The Morgan fingerprint density at radius 1 is 1.36 bits per heavy atom. The van der Waals surface area contributed by atoms with Crippen LogP contribution in [-0.2, 0) is 16.9 Å². The molecule has 2 aromatic rings. The second kappa shape index (κ2) is 5.14. The number of furan rings is 1. The van der Waals surface area contributed by atoms with Gasteiger partial charge < -0.3 is 9.73 Å². The SMILES string of the molecule is C[C@@]1(c2ccco2)NC(=O)N(Cc2ccc(F)cc2Cl)C1=O. The first-order chi connectivity index (χ1) is 10.4. The molecule has 5 nitrogen and oxygen atoms in total. The highest BCUT2D eigenvalue weighted by atomic mass is 35.5. The van der Waals surface area contributed by atoms with E-state index in [4.69, 9.17) is 16.0 Å². The van der Waals surface area contributed by atoms with Crippen LogP contribution in [0.2, 0.25) is 5.02 Å². The van der Waals surface area contributed by atoms with Gasteiger partial charge in [-0.3, -0.25) is 9.69 Å². The van der Waals surface area contributed by atoms with Crippen molar-refractivity contribution in [1.29, 1.82) is 0 Å². The number of benzene rings is 1. The van der Waals surface area contributed by atoms with E-state index in [1.807, 2.05) is 0 Å². The Morgan fingerprint density at radius 2 is 2.14 bits per heavy atom. The van der Waals surface area contributed by atoms with E-state index in [0.717, 1.165) is 11.0 Å². The molecule has 7 heteroatoms. The van der Waals surface area contributed by atoms with E-state index < -0.39 is 23.3 Å². The molecule has 1 aliphatic heterocycles. The van der Waals surface area contributed by atoms with Crippen LogP contribution in [0, 0.1) is 5.82 Å². The third-order valence-electron chi connectivity index (χ3n) is 3.63. The number of rotatable bonds is 3. The molecule has 0 aliphatic carbocycles. The molecule has 114 valence electrons. The molecule has 0 unspecified atom stereocenters. The van der Waals surface area contributed by atoms with Gasteiger partial charge in [-0.2, -0.15) is 0 Å². The fraction of sp³-hybridized carbons (Fsp3) is 0.200. The van der Waals surface area contributed by atoms with E-state index >= 15 is 0 Å². The highest BCUT2D eigenvalue weighted by molar-refractivity contribution is 6.31. The number of hydrogen-bond acceptors (Lipinski definition) is 3. The minimum Gasteiger partial charge on any atom is -0.466 e. The lowest BCUT2D eigenvalue weighted by molar-refractivity contribution is -0.132. The van der Waals surface area contributed by atoms with Gasteiger partial charge in [-0.1, -0.05) is 17.7 Å². The maximum atomic E-state index is 13.1.